The maximum absolute atomic E-state index is 11.4. The predicted octanol–water partition coefficient (Wildman–Crippen LogP) is 1.14. The minimum absolute atomic E-state index is 0.0438. The molecule has 1 amide bonds. The molecule has 0 radical (unpaired) electrons. The Balaban J connectivity index is 3.18. The van der Waals surface area contributed by atoms with Crippen LogP contribution in [0.1, 0.15) is 27.2 Å². The zero-order valence-corrected chi connectivity index (χ0v) is 16.8. The van der Waals surface area contributed by atoms with Gasteiger partial charge in [-0.15, -0.1) is 11.6 Å². The zero-order valence-electron chi connectivity index (χ0n) is 16.0. The third kappa shape index (κ3) is 19.4. The van der Waals surface area contributed by atoms with Gasteiger partial charge in [0.25, 0.3) is 0 Å². The average Bonchev–Trinajstić information content (AvgIpc) is 2.56. The van der Waals surface area contributed by atoms with Crippen molar-refractivity contribution in [3.63, 3.8) is 0 Å². The van der Waals surface area contributed by atoms with Crippen LogP contribution in [0, 0.1) is 0 Å². The summed E-state index contributed by atoms with van der Waals surface area (Å²) in [4.78, 5) is 22.3. The maximum Gasteiger partial charge on any atom is 0.308 e. The highest BCUT2D eigenvalue weighted by Gasteiger charge is 2.15. The second-order valence-electron chi connectivity index (χ2n) is 6.27. The van der Waals surface area contributed by atoms with Gasteiger partial charge in [0.05, 0.1) is 59.3 Å². The van der Waals surface area contributed by atoms with Gasteiger partial charge in [-0.3, -0.25) is 9.59 Å². The van der Waals surface area contributed by atoms with Crippen molar-refractivity contribution in [3.8, 4) is 0 Å². The molecule has 0 saturated carbocycles. The van der Waals surface area contributed by atoms with Gasteiger partial charge in [0.15, 0.2) is 0 Å². The second-order valence-corrected chi connectivity index (χ2v) is 6.54. The Morgan fingerprint density at radius 2 is 1.27 bits per heavy atom. The first-order chi connectivity index (χ1) is 12.3. The van der Waals surface area contributed by atoms with Crippen molar-refractivity contribution < 1.29 is 33.3 Å². The number of carbonyl (C=O) groups is 2. The van der Waals surface area contributed by atoms with E-state index in [-0.39, 0.29) is 24.2 Å². The first-order valence-electron chi connectivity index (χ1n) is 8.70. The normalized spacial score (nSPS) is 11.4. The van der Waals surface area contributed by atoms with Crippen LogP contribution in [0.3, 0.4) is 0 Å². The second kappa shape index (κ2) is 16.3. The molecule has 154 valence electrons. The maximum atomic E-state index is 11.4. The van der Waals surface area contributed by atoms with Crippen molar-refractivity contribution in [1.82, 2.24) is 5.32 Å². The predicted molar refractivity (Wildman–Crippen MR) is 97.5 cm³/mol. The van der Waals surface area contributed by atoms with Crippen LogP contribution < -0.4 is 5.32 Å². The van der Waals surface area contributed by atoms with E-state index in [0.29, 0.717) is 59.4 Å². The Morgan fingerprint density at radius 1 is 0.808 bits per heavy atom. The van der Waals surface area contributed by atoms with Crippen LogP contribution in [0.2, 0.25) is 0 Å². The van der Waals surface area contributed by atoms with Crippen LogP contribution in [0.15, 0.2) is 0 Å². The first-order valence-corrected chi connectivity index (χ1v) is 9.24. The van der Waals surface area contributed by atoms with Crippen LogP contribution in [0.25, 0.3) is 0 Å². The number of carbonyl (C=O) groups excluding carboxylic acids is 2. The number of alkyl halides is 1. The molecule has 9 heteroatoms. The molecule has 0 aliphatic heterocycles. The van der Waals surface area contributed by atoms with Gasteiger partial charge in [-0.2, -0.15) is 0 Å². The summed E-state index contributed by atoms with van der Waals surface area (Å²) in [5, 5.41) is 2.59. The van der Waals surface area contributed by atoms with Gasteiger partial charge in [-0.25, -0.2) is 0 Å². The van der Waals surface area contributed by atoms with Crippen LogP contribution >= 0.6 is 11.6 Å². The molecule has 0 aliphatic rings. The molecule has 0 aromatic rings. The SMILES string of the molecule is CC(C)(C)OC(=O)CCOCCOCCOCCOCCNC(=O)CCl. The van der Waals surface area contributed by atoms with Gasteiger partial charge in [-0.1, -0.05) is 0 Å². The van der Waals surface area contributed by atoms with Crippen molar-refractivity contribution in [1.29, 1.82) is 0 Å². The number of hydrogen-bond acceptors (Lipinski definition) is 7. The smallest absolute Gasteiger partial charge is 0.308 e. The number of hydrogen-bond donors (Lipinski definition) is 1. The molecular weight excluding hydrogens is 366 g/mol. The molecule has 0 atom stereocenters. The van der Waals surface area contributed by atoms with Gasteiger partial charge in [0, 0.05) is 6.54 Å². The Labute approximate surface area is 160 Å². The molecule has 0 aliphatic carbocycles. The molecule has 1 N–H and O–H groups in total. The molecule has 0 aromatic carbocycles. The Hall–Kier alpha value is -0.930. The van der Waals surface area contributed by atoms with Crippen LogP contribution in [-0.2, 0) is 33.3 Å². The lowest BCUT2D eigenvalue weighted by Crippen LogP contribution is -2.28. The standard InChI is InChI=1S/C17H32ClNO7/c1-17(2,3)26-16(21)4-6-22-8-10-24-12-13-25-11-9-23-7-5-19-15(20)14-18/h4-14H2,1-3H3,(H,19,20). The van der Waals surface area contributed by atoms with E-state index in [1.807, 2.05) is 20.8 Å². The van der Waals surface area contributed by atoms with Gasteiger partial charge in [0.2, 0.25) is 5.91 Å². The third-order valence-corrected chi connectivity index (χ3v) is 2.92. The first kappa shape index (κ1) is 25.1. The highest BCUT2D eigenvalue weighted by atomic mass is 35.5. The average molecular weight is 398 g/mol. The molecule has 0 fully saturated rings. The largest absolute Gasteiger partial charge is 0.460 e. The summed E-state index contributed by atoms with van der Waals surface area (Å²) in [6.45, 7) is 9.34. The van der Waals surface area contributed by atoms with Crippen LogP contribution in [0.5, 0.6) is 0 Å². The van der Waals surface area contributed by atoms with E-state index in [1.165, 1.54) is 0 Å². The monoisotopic (exact) mass is 397 g/mol. The number of ether oxygens (including phenoxy) is 5. The highest BCUT2D eigenvalue weighted by molar-refractivity contribution is 6.27. The Bertz CT molecular complexity index is 375. The molecule has 26 heavy (non-hydrogen) atoms. The highest BCUT2D eigenvalue weighted by Crippen LogP contribution is 2.07. The van der Waals surface area contributed by atoms with E-state index in [4.69, 9.17) is 35.3 Å². The lowest BCUT2D eigenvalue weighted by atomic mass is 10.2. The summed E-state index contributed by atoms with van der Waals surface area (Å²) in [7, 11) is 0. The number of halogens is 1. The summed E-state index contributed by atoms with van der Waals surface area (Å²) < 4.78 is 26.4. The van der Waals surface area contributed by atoms with E-state index in [2.05, 4.69) is 5.32 Å². The van der Waals surface area contributed by atoms with E-state index in [1.54, 1.807) is 0 Å². The van der Waals surface area contributed by atoms with E-state index >= 15 is 0 Å². The fraction of sp³-hybridized carbons (Fsp3) is 0.882. The Kier molecular flexibility index (Phi) is 15.7. The molecule has 8 nitrogen and oxygen atoms in total. The summed E-state index contributed by atoms with van der Waals surface area (Å²) in [6.07, 6.45) is 0.232. The van der Waals surface area contributed by atoms with Gasteiger partial charge >= 0.3 is 5.97 Å². The minimum atomic E-state index is -0.467. The molecule has 0 bridgehead atoms. The van der Waals surface area contributed by atoms with Gasteiger partial charge in [0.1, 0.15) is 11.5 Å². The van der Waals surface area contributed by atoms with E-state index in [9.17, 15) is 9.59 Å². The number of amides is 1. The lowest BCUT2D eigenvalue weighted by Gasteiger charge is -2.19. The quantitative estimate of drug-likeness (QED) is 0.237. The van der Waals surface area contributed by atoms with Crippen LogP contribution in [0.4, 0.5) is 0 Å². The molecule has 0 spiro atoms. The molecule has 0 rings (SSSR count). The number of rotatable bonds is 16. The molecule has 0 aromatic heterocycles. The summed E-state index contributed by atoms with van der Waals surface area (Å²) in [5.74, 6) is -0.523. The van der Waals surface area contributed by atoms with Crippen molar-refractivity contribution >= 4 is 23.5 Å². The van der Waals surface area contributed by atoms with Crippen molar-refractivity contribution in [3.05, 3.63) is 0 Å². The molecule has 0 heterocycles. The molecule has 0 saturated heterocycles. The fourth-order valence-corrected chi connectivity index (χ4v) is 1.71. The number of esters is 1. The number of nitrogens with one attached hydrogen (secondary N) is 1. The fourth-order valence-electron chi connectivity index (χ4n) is 1.62. The van der Waals surface area contributed by atoms with E-state index < -0.39 is 5.60 Å². The third-order valence-electron chi connectivity index (χ3n) is 2.68. The van der Waals surface area contributed by atoms with Crippen molar-refractivity contribution in [2.24, 2.45) is 0 Å². The van der Waals surface area contributed by atoms with Gasteiger partial charge < -0.3 is 29.0 Å². The van der Waals surface area contributed by atoms with E-state index in [0.717, 1.165) is 0 Å². The summed E-state index contributed by atoms with van der Waals surface area (Å²) in [6, 6.07) is 0. The summed E-state index contributed by atoms with van der Waals surface area (Å²) >= 11 is 5.33. The topological polar surface area (TPSA) is 92.3 Å². The summed E-state index contributed by atoms with van der Waals surface area (Å²) in [5.41, 5.74) is -0.467. The Morgan fingerprint density at radius 3 is 1.73 bits per heavy atom. The van der Waals surface area contributed by atoms with Crippen LogP contribution in [-0.4, -0.2) is 82.8 Å². The van der Waals surface area contributed by atoms with Gasteiger partial charge in [-0.05, 0) is 20.8 Å². The van der Waals surface area contributed by atoms with Crippen molar-refractivity contribution in [2.75, 3.05) is 65.3 Å². The molecule has 0 unspecified atom stereocenters. The van der Waals surface area contributed by atoms with Crippen molar-refractivity contribution in [2.45, 2.75) is 32.8 Å². The zero-order chi connectivity index (χ0) is 19.7. The lowest BCUT2D eigenvalue weighted by molar-refractivity contribution is -0.156. The molecular formula is C17H32ClNO7. The minimum Gasteiger partial charge on any atom is -0.460 e.